The molecule has 0 aromatic heterocycles. The lowest BCUT2D eigenvalue weighted by molar-refractivity contribution is -0.122. The molecule has 1 aliphatic carbocycles. The van der Waals surface area contributed by atoms with E-state index in [1.54, 1.807) is 14.2 Å². The Balaban J connectivity index is 1.48. The van der Waals surface area contributed by atoms with Crippen molar-refractivity contribution in [1.29, 1.82) is 0 Å². The van der Waals surface area contributed by atoms with Crippen LogP contribution in [0.25, 0.3) is 0 Å². The molecular formula is C20H29N3O3. The van der Waals surface area contributed by atoms with E-state index in [-0.39, 0.29) is 23.9 Å². The van der Waals surface area contributed by atoms with Gasteiger partial charge < -0.3 is 20.5 Å². The number of carbonyl (C=O) groups is 1. The zero-order valence-corrected chi connectivity index (χ0v) is 15.6. The predicted molar refractivity (Wildman–Crippen MR) is 101 cm³/mol. The van der Waals surface area contributed by atoms with Gasteiger partial charge in [-0.25, -0.2) is 0 Å². The summed E-state index contributed by atoms with van der Waals surface area (Å²) >= 11 is 0. The minimum atomic E-state index is 0.106. The van der Waals surface area contributed by atoms with Gasteiger partial charge in [0, 0.05) is 44.2 Å². The molecule has 1 saturated heterocycles. The zero-order valence-electron chi connectivity index (χ0n) is 15.6. The maximum Gasteiger partial charge on any atom is 0.220 e. The van der Waals surface area contributed by atoms with Crippen molar-refractivity contribution in [2.45, 2.75) is 37.9 Å². The van der Waals surface area contributed by atoms with Gasteiger partial charge in [-0.3, -0.25) is 9.69 Å². The molecule has 1 fully saturated rings. The van der Waals surface area contributed by atoms with Crippen molar-refractivity contribution in [2.24, 2.45) is 11.7 Å². The first-order chi connectivity index (χ1) is 12.6. The summed E-state index contributed by atoms with van der Waals surface area (Å²) in [6, 6.07) is 6.26. The van der Waals surface area contributed by atoms with Gasteiger partial charge in [0.05, 0.1) is 14.2 Å². The number of ether oxygens (including phenoxy) is 2. The van der Waals surface area contributed by atoms with E-state index in [1.165, 1.54) is 0 Å². The summed E-state index contributed by atoms with van der Waals surface area (Å²) in [5.74, 6) is 2.01. The summed E-state index contributed by atoms with van der Waals surface area (Å²) in [6.45, 7) is 2.66. The van der Waals surface area contributed by atoms with Crippen LogP contribution >= 0.6 is 0 Å². The van der Waals surface area contributed by atoms with Gasteiger partial charge in [0.2, 0.25) is 5.91 Å². The summed E-state index contributed by atoms with van der Waals surface area (Å²) < 4.78 is 10.7. The van der Waals surface area contributed by atoms with Crippen molar-refractivity contribution in [1.82, 2.24) is 10.2 Å². The molecule has 142 valence electrons. The molecule has 0 bridgehead atoms. The average molecular weight is 359 g/mol. The van der Waals surface area contributed by atoms with Gasteiger partial charge in [0.25, 0.3) is 0 Å². The van der Waals surface area contributed by atoms with Gasteiger partial charge in [-0.15, -0.1) is 0 Å². The molecule has 6 heteroatoms. The first kappa shape index (κ1) is 18.7. The fourth-order valence-corrected chi connectivity index (χ4v) is 3.79. The molecule has 1 aromatic carbocycles. The van der Waals surface area contributed by atoms with Crippen LogP contribution in [-0.4, -0.2) is 50.2 Å². The van der Waals surface area contributed by atoms with E-state index in [4.69, 9.17) is 15.2 Å². The van der Waals surface area contributed by atoms with Crippen molar-refractivity contribution < 1.29 is 14.3 Å². The van der Waals surface area contributed by atoms with Crippen molar-refractivity contribution in [2.75, 3.05) is 27.3 Å². The number of nitrogens with one attached hydrogen (secondary N) is 1. The highest BCUT2D eigenvalue weighted by Gasteiger charge is 2.25. The van der Waals surface area contributed by atoms with Crippen molar-refractivity contribution in [3.63, 3.8) is 0 Å². The van der Waals surface area contributed by atoms with Crippen LogP contribution in [0.1, 0.15) is 24.8 Å². The molecule has 1 heterocycles. The minimum absolute atomic E-state index is 0.106. The highest BCUT2D eigenvalue weighted by atomic mass is 16.5. The number of rotatable bonds is 7. The smallest absolute Gasteiger partial charge is 0.220 e. The Morgan fingerprint density at radius 2 is 1.96 bits per heavy atom. The molecule has 1 unspecified atom stereocenters. The van der Waals surface area contributed by atoms with Gasteiger partial charge in [-0.1, -0.05) is 12.2 Å². The van der Waals surface area contributed by atoms with Crippen LogP contribution in [0, 0.1) is 5.92 Å². The van der Waals surface area contributed by atoms with Crippen molar-refractivity contribution in [3.8, 4) is 11.5 Å². The lowest BCUT2D eigenvalue weighted by atomic mass is 10.0. The van der Waals surface area contributed by atoms with Gasteiger partial charge >= 0.3 is 0 Å². The maximum atomic E-state index is 12.3. The van der Waals surface area contributed by atoms with Crippen LogP contribution in [0.3, 0.4) is 0 Å². The third kappa shape index (κ3) is 4.99. The lowest BCUT2D eigenvalue weighted by Gasteiger charge is -2.18. The molecule has 26 heavy (non-hydrogen) atoms. The molecule has 1 amide bonds. The number of methoxy groups -OCH3 is 2. The van der Waals surface area contributed by atoms with Crippen LogP contribution in [0.15, 0.2) is 30.4 Å². The number of amides is 1. The van der Waals surface area contributed by atoms with Gasteiger partial charge in [-0.05, 0) is 36.5 Å². The number of likely N-dealkylation sites (tertiary alicyclic amines) is 1. The Kier molecular flexibility index (Phi) is 6.16. The van der Waals surface area contributed by atoms with E-state index < -0.39 is 0 Å². The Bertz CT molecular complexity index is 639. The van der Waals surface area contributed by atoms with Crippen molar-refractivity contribution >= 4 is 5.91 Å². The highest BCUT2D eigenvalue weighted by molar-refractivity contribution is 5.76. The molecule has 1 aromatic rings. The predicted octanol–water partition coefficient (Wildman–Crippen LogP) is 1.69. The number of allylic oxidation sites excluding steroid dienone is 1. The second-order valence-electron chi connectivity index (χ2n) is 7.26. The third-order valence-corrected chi connectivity index (χ3v) is 5.11. The first-order valence-electron chi connectivity index (χ1n) is 9.23. The minimum Gasteiger partial charge on any atom is -0.497 e. The molecule has 1 aliphatic heterocycles. The van der Waals surface area contributed by atoms with E-state index >= 15 is 0 Å². The molecule has 3 rings (SSSR count). The monoisotopic (exact) mass is 359 g/mol. The van der Waals surface area contributed by atoms with E-state index in [1.807, 2.05) is 24.3 Å². The fraction of sp³-hybridized carbons (Fsp3) is 0.550. The van der Waals surface area contributed by atoms with Crippen LogP contribution in [0.4, 0.5) is 0 Å². The average Bonchev–Trinajstić information content (AvgIpc) is 3.23. The second kappa shape index (κ2) is 8.56. The normalized spacial score (nSPS) is 25.4. The maximum absolute atomic E-state index is 12.3. The molecule has 0 spiro atoms. The van der Waals surface area contributed by atoms with Crippen molar-refractivity contribution in [3.05, 3.63) is 35.9 Å². The Labute approximate surface area is 155 Å². The van der Waals surface area contributed by atoms with E-state index in [2.05, 4.69) is 16.3 Å². The topological polar surface area (TPSA) is 76.8 Å². The summed E-state index contributed by atoms with van der Waals surface area (Å²) in [6.07, 6.45) is 6.46. The third-order valence-electron chi connectivity index (χ3n) is 5.11. The van der Waals surface area contributed by atoms with Gasteiger partial charge in [0.1, 0.15) is 11.5 Å². The van der Waals surface area contributed by atoms with Crippen LogP contribution in [0.2, 0.25) is 0 Å². The Hall–Kier alpha value is -2.05. The van der Waals surface area contributed by atoms with Crippen LogP contribution in [-0.2, 0) is 11.3 Å². The molecule has 3 N–H and O–H groups in total. The second-order valence-corrected chi connectivity index (χ2v) is 7.26. The quantitative estimate of drug-likeness (QED) is 0.725. The first-order valence-corrected chi connectivity index (χ1v) is 9.23. The Morgan fingerprint density at radius 1 is 1.23 bits per heavy atom. The van der Waals surface area contributed by atoms with Gasteiger partial charge in [0.15, 0.2) is 0 Å². The molecule has 0 radical (unpaired) electrons. The molecule has 6 nitrogen and oxygen atoms in total. The summed E-state index contributed by atoms with van der Waals surface area (Å²) in [5, 5.41) is 3.18. The van der Waals surface area contributed by atoms with E-state index in [9.17, 15) is 4.79 Å². The summed E-state index contributed by atoms with van der Waals surface area (Å²) in [5.41, 5.74) is 7.01. The number of carbonyl (C=O) groups excluding carboxylic acids is 1. The van der Waals surface area contributed by atoms with Crippen LogP contribution < -0.4 is 20.5 Å². The van der Waals surface area contributed by atoms with E-state index in [0.717, 1.165) is 49.5 Å². The summed E-state index contributed by atoms with van der Waals surface area (Å²) in [4.78, 5) is 14.6. The molecule has 3 atom stereocenters. The van der Waals surface area contributed by atoms with Crippen LogP contribution in [0.5, 0.6) is 11.5 Å². The highest BCUT2D eigenvalue weighted by Crippen LogP contribution is 2.25. The standard InChI is InChI=1S/C20H29N3O3/c1-25-18-8-15(9-19(11-18)26-2)12-23-6-5-17(13-23)22-20(24)10-14-3-4-16(21)7-14/h3-4,8-9,11,14,16-17H,5-7,10,12-13,21H2,1-2H3,(H,22,24)/t14-,16+,17?/m0/s1. The number of hydrogen-bond donors (Lipinski definition) is 2. The number of nitrogens with zero attached hydrogens (tertiary/aromatic N) is 1. The lowest BCUT2D eigenvalue weighted by Crippen LogP contribution is -2.37. The Morgan fingerprint density at radius 3 is 2.58 bits per heavy atom. The zero-order chi connectivity index (χ0) is 18.5. The van der Waals surface area contributed by atoms with Gasteiger partial charge in [-0.2, -0.15) is 0 Å². The largest absolute Gasteiger partial charge is 0.497 e. The number of nitrogens with two attached hydrogens (primary N) is 1. The summed E-state index contributed by atoms with van der Waals surface area (Å²) in [7, 11) is 3.32. The molecule has 2 aliphatic rings. The number of hydrogen-bond acceptors (Lipinski definition) is 5. The fourth-order valence-electron chi connectivity index (χ4n) is 3.79. The molecule has 0 saturated carbocycles. The van der Waals surface area contributed by atoms with E-state index in [0.29, 0.717) is 6.42 Å². The SMILES string of the molecule is COc1cc(CN2CCC(NC(=O)C[C@H]3C=C[C@@H](N)C3)C2)cc(OC)c1. The molecular weight excluding hydrogens is 330 g/mol. The number of benzene rings is 1.